The summed E-state index contributed by atoms with van der Waals surface area (Å²) in [4.78, 5) is 13.7. The Morgan fingerprint density at radius 2 is 1.76 bits per heavy atom. The zero-order valence-electron chi connectivity index (χ0n) is 21.1. The van der Waals surface area contributed by atoms with Crippen molar-refractivity contribution >= 4 is 15.8 Å². The lowest BCUT2D eigenvalue weighted by Gasteiger charge is -2.19. The molecule has 8 heteroatoms. The highest BCUT2D eigenvalue weighted by atomic mass is 32.2. The maximum Gasteiger partial charge on any atom is 0.243 e. The smallest absolute Gasteiger partial charge is 0.243 e. The number of hydrogen-bond donors (Lipinski definition) is 1. The monoisotopic (exact) mass is 523 g/mol. The van der Waals surface area contributed by atoms with E-state index in [0.717, 1.165) is 40.7 Å². The first kappa shape index (κ1) is 25.4. The minimum absolute atomic E-state index is 0. The van der Waals surface area contributed by atoms with Crippen molar-refractivity contribution in [3.63, 3.8) is 0 Å². The van der Waals surface area contributed by atoms with Gasteiger partial charge in [0.2, 0.25) is 16.8 Å². The lowest BCUT2D eigenvalue weighted by atomic mass is 9.87. The maximum atomic E-state index is 13.5. The molecule has 3 aromatic rings. The second kappa shape index (κ2) is 9.93. The van der Waals surface area contributed by atoms with Crippen LogP contribution in [-0.2, 0) is 26.7 Å². The fourth-order valence-electron chi connectivity index (χ4n) is 5.01. The Kier molecular flexibility index (Phi) is 6.83. The number of hydrogen-bond acceptors (Lipinski definition) is 6. The van der Waals surface area contributed by atoms with Gasteiger partial charge in [-0.05, 0) is 71.8 Å². The fourth-order valence-corrected chi connectivity index (χ4v) is 6.45. The average molecular weight is 524 g/mol. The number of ketones is 1. The van der Waals surface area contributed by atoms with E-state index in [1.807, 2.05) is 43.3 Å². The minimum atomic E-state index is -3.67. The summed E-state index contributed by atoms with van der Waals surface area (Å²) in [5.74, 6) is 1.59. The molecule has 1 fully saturated rings. The molecule has 0 radical (unpaired) electrons. The molecule has 7 nitrogen and oxygen atoms in total. The molecular formula is C29H33NO6S. The summed E-state index contributed by atoms with van der Waals surface area (Å²) in [5, 5.41) is 9.20. The van der Waals surface area contributed by atoms with Gasteiger partial charge in [-0.15, -0.1) is 0 Å². The minimum Gasteiger partial charge on any atom is -0.454 e. The predicted molar refractivity (Wildman–Crippen MR) is 142 cm³/mol. The molecule has 3 aromatic carbocycles. The van der Waals surface area contributed by atoms with Crippen LogP contribution in [0.25, 0.3) is 11.1 Å². The molecule has 1 aliphatic carbocycles. The van der Waals surface area contributed by atoms with Gasteiger partial charge in [0.15, 0.2) is 11.5 Å². The molecule has 1 heterocycles. The third-order valence-corrected chi connectivity index (χ3v) is 9.37. The second-order valence-corrected chi connectivity index (χ2v) is 11.6. The molecule has 0 bridgehead atoms. The van der Waals surface area contributed by atoms with Crippen LogP contribution in [0.2, 0.25) is 0 Å². The van der Waals surface area contributed by atoms with E-state index in [1.165, 1.54) is 4.31 Å². The SMILES string of the molecule is CCN(CCO)S(=O)(=O)c1ccc(-c2cc(CC(=O)C3(c4ccc5c(c4)OCO5)CC3)ccc2C)cc1.[HH]. The zero-order valence-corrected chi connectivity index (χ0v) is 21.9. The van der Waals surface area contributed by atoms with E-state index in [1.54, 1.807) is 31.2 Å². The van der Waals surface area contributed by atoms with Crippen molar-refractivity contribution in [2.24, 2.45) is 0 Å². The molecule has 0 atom stereocenters. The number of rotatable bonds is 10. The summed E-state index contributed by atoms with van der Waals surface area (Å²) in [6.07, 6.45) is 1.97. The Morgan fingerprint density at radius 1 is 1.03 bits per heavy atom. The van der Waals surface area contributed by atoms with Crippen molar-refractivity contribution in [2.45, 2.75) is 43.4 Å². The Hall–Kier alpha value is -3.20. The van der Waals surface area contributed by atoms with Crippen LogP contribution < -0.4 is 9.47 Å². The average Bonchev–Trinajstić information content (AvgIpc) is 3.59. The van der Waals surface area contributed by atoms with E-state index < -0.39 is 15.4 Å². The molecule has 1 saturated carbocycles. The van der Waals surface area contributed by atoms with E-state index in [9.17, 15) is 18.3 Å². The molecular weight excluding hydrogens is 490 g/mol. The van der Waals surface area contributed by atoms with Gasteiger partial charge >= 0.3 is 0 Å². The molecule has 1 aliphatic heterocycles. The van der Waals surface area contributed by atoms with Crippen molar-refractivity contribution in [1.82, 2.24) is 4.31 Å². The topological polar surface area (TPSA) is 93.1 Å². The van der Waals surface area contributed by atoms with E-state index >= 15 is 0 Å². The first-order chi connectivity index (χ1) is 17.8. The summed E-state index contributed by atoms with van der Waals surface area (Å²) in [5.41, 5.74) is 4.32. The van der Waals surface area contributed by atoms with Gasteiger partial charge in [-0.2, -0.15) is 4.31 Å². The molecule has 0 aromatic heterocycles. The molecule has 1 N–H and O–H groups in total. The summed E-state index contributed by atoms with van der Waals surface area (Å²) in [6, 6.07) is 18.6. The van der Waals surface area contributed by atoms with Crippen LogP contribution in [0.3, 0.4) is 0 Å². The van der Waals surface area contributed by atoms with Crippen LogP contribution in [-0.4, -0.2) is 50.1 Å². The third kappa shape index (κ3) is 4.77. The van der Waals surface area contributed by atoms with Crippen LogP contribution in [0.15, 0.2) is 65.6 Å². The van der Waals surface area contributed by atoms with E-state index in [2.05, 4.69) is 0 Å². The molecule has 0 spiro atoms. The van der Waals surface area contributed by atoms with Gasteiger partial charge in [0, 0.05) is 20.9 Å². The second-order valence-electron chi connectivity index (χ2n) is 9.64. The molecule has 2 aliphatic rings. The largest absolute Gasteiger partial charge is 0.454 e. The van der Waals surface area contributed by atoms with Crippen LogP contribution in [0.4, 0.5) is 0 Å². The Bertz CT molecular complexity index is 1430. The van der Waals surface area contributed by atoms with Crippen molar-refractivity contribution in [2.75, 3.05) is 26.5 Å². The van der Waals surface area contributed by atoms with Gasteiger partial charge in [-0.25, -0.2) is 8.42 Å². The predicted octanol–water partition coefficient (Wildman–Crippen LogP) is 4.48. The van der Waals surface area contributed by atoms with Crippen LogP contribution in [0.5, 0.6) is 11.5 Å². The Labute approximate surface area is 219 Å². The van der Waals surface area contributed by atoms with Gasteiger partial charge in [-0.3, -0.25) is 4.79 Å². The van der Waals surface area contributed by atoms with Gasteiger partial charge < -0.3 is 14.6 Å². The number of likely N-dealkylation sites (N-methyl/N-ethyl adjacent to an activating group) is 1. The lowest BCUT2D eigenvalue weighted by Crippen LogP contribution is -2.33. The van der Waals surface area contributed by atoms with Crippen molar-refractivity contribution in [3.8, 4) is 22.6 Å². The number of aliphatic hydroxyl groups is 1. The summed E-state index contributed by atoms with van der Waals surface area (Å²) in [6.45, 7) is 4.07. The van der Waals surface area contributed by atoms with Crippen LogP contribution >= 0.6 is 0 Å². The molecule has 0 saturated heterocycles. The van der Waals surface area contributed by atoms with Gasteiger partial charge in [0.25, 0.3) is 0 Å². The number of aryl methyl sites for hydroxylation is 1. The number of Topliss-reactive ketones (excluding diaryl/α,β-unsaturated/α-hetero) is 1. The number of nitrogens with zero attached hydrogens (tertiary/aromatic N) is 1. The van der Waals surface area contributed by atoms with Crippen LogP contribution in [0, 0.1) is 6.92 Å². The highest BCUT2D eigenvalue weighted by Gasteiger charge is 2.50. The Balaban J connectivity index is 0.00000336. The summed E-state index contributed by atoms with van der Waals surface area (Å²) >= 11 is 0. The maximum absolute atomic E-state index is 13.5. The molecule has 37 heavy (non-hydrogen) atoms. The number of ether oxygens (including phenoxy) is 2. The summed E-state index contributed by atoms with van der Waals surface area (Å²) in [7, 11) is -3.67. The third-order valence-electron chi connectivity index (χ3n) is 7.38. The number of carbonyl (C=O) groups excluding carboxylic acids is 1. The van der Waals surface area contributed by atoms with Crippen molar-refractivity contribution in [3.05, 3.63) is 77.4 Å². The van der Waals surface area contributed by atoms with Crippen molar-refractivity contribution in [1.29, 1.82) is 0 Å². The summed E-state index contributed by atoms with van der Waals surface area (Å²) < 4.78 is 38.0. The first-order valence-corrected chi connectivity index (χ1v) is 14.0. The highest BCUT2D eigenvalue weighted by Crippen LogP contribution is 2.51. The van der Waals surface area contributed by atoms with E-state index in [0.29, 0.717) is 17.9 Å². The number of fused-ring (bicyclic) bond motifs is 1. The van der Waals surface area contributed by atoms with Gasteiger partial charge in [-0.1, -0.05) is 43.3 Å². The molecule has 5 rings (SSSR count). The fraction of sp³-hybridized carbons (Fsp3) is 0.345. The molecule has 0 amide bonds. The number of sulfonamides is 1. The van der Waals surface area contributed by atoms with Crippen LogP contribution in [0.1, 0.15) is 37.9 Å². The number of aliphatic hydroxyl groups excluding tert-OH is 1. The van der Waals surface area contributed by atoms with E-state index in [4.69, 9.17) is 9.47 Å². The van der Waals surface area contributed by atoms with Crippen molar-refractivity contribution < 1.29 is 29.2 Å². The van der Waals surface area contributed by atoms with E-state index in [-0.39, 0.29) is 38.6 Å². The number of benzene rings is 3. The zero-order chi connectivity index (χ0) is 26.2. The quantitative estimate of drug-likeness (QED) is 0.421. The highest BCUT2D eigenvalue weighted by molar-refractivity contribution is 7.89. The van der Waals surface area contributed by atoms with Gasteiger partial charge in [0.05, 0.1) is 16.9 Å². The molecule has 0 unspecified atom stereocenters. The van der Waals surface area contributed by atoms with Gasteiger partial charge in [0.1, 0.15) is 5.78 Å². The number of carbonyl (C=O) groups is 1. The Morgan fingerprint density at radius 3 is 2.43 bits per heavy atom. The molecule has 196 valence electrons. The first-order valence-electron chi connectivity index (χ1n) is 12.5. The standard InChI is InChI=1S/C29H31NO6S.H2/c1-3-30(14-15-31)37(33,34)24-9-6-22(7-10-24)25-16-21(5-4-20(25)2)17-28(32)29(12-13-29)23-8-11-26-27(18-23)36-19-35-26;/h4-11,16,18,31H,3,12-15,17,19H2,1-2H3;1H. The lowest BCUT2D eigenvalue weighted by molar-refractivity contribution is -0.120. The normalized spacial score (nSPS) is 15.7.